The highest BCUT2D eigenvalue weighted by Gasteiger charge is 2.37. The van der Waals surface area contributed by atoms with E-state index < -0.39 is 11.6 Å². The number of fused-ring (bicyclic) bond motifs is 5. The summed E-state index contributed by atoms with van der Waals surface area (Å²) in [5, 5.41) is 11.9. The second kappa shape index (κ2) is 5.67. The van der Waals surface area contributed by atoms with Crippen LogP contribution in [0.5, 0.6) is 5.75 Å². The lowest BCUT2D eigenvalue weighted by Gasteiger charge is -2.16. The Morgan fingerprint density at radius 2 is 1.46 bits per heavy atom. The maximum Gasteiger partial charge on any atom is 0.237 e. The van der Waals surface area contributed by atoms with Crippen molar-refractivity contribution in [3.05, 3.63) is 76.9 Å². The molecule has 0 saturated heterocycles. The van der Waals surface area contributed by atoms with Crippen LogP contribution >= 0.6 is 0 Å². The van der Waals surface area contributed by atoms with E-state index in [0.717, 1.165) is 16.3 Å². The van der Waals surface area contributed by atoms with Crippen LogP contribution in [-0.4, -0.2) is 16.7 Å². The van der Waals surface area contributed by atoms with E-state index in [2.05, 4.69) is 0 Å². The van der Waals surface area contributed by atoms with Crippen molar-refractivity contribution >= 4 is 22.3 Å². The SMILES string of the molecule is Cc1c(-c2ccccc2O)oc2c1C(=O)C(=O)c1c-2ccc2c(C)cccc12. The van der Waals surface area contributed by atoms with Crippen LogP contribution in [0.3, 0.4) is 0 Å². The van der Waals surface area contributed by atoms with Gasteiger partial charge in [0.05, 0.1) is 11.1 Å². The second-order valence-electron chi connectivity index (χ2n) is 7.09. The number of para-hydroxylation sites is 1. The van der Waals surface area contributed by atoms with Gasteiger partial charge in [-0.2, -0.15) is 0 Å². The number of rotatable bonds is 1. The molecule has 4 heteroatoms. The molecule has 3 aromatic carbocycles. The second-order valence-corrected chi connectivity index (χ2v) is 7.09. The Kier molecular flexibility index (Phi) is 3.34. The third kappa shape index (κ3) is 2.06. The Hall–Kier alpha value is -3.66. The summed E-state index contributed by atoms with van der Waals surface area (Å²) in [4.78, 5) is 26.0. The Morgan fingerprint density at radius 3 is 2.25 bits per heavy atom. The fraction of sp³-hybridized carbons (Fsp3) is 0.0833. The van der Waals surface area contributed by atoms with Gasteiger partial charge in [-0.15, -0.1) is 0 Å². The predicted octanol–water partition coefficient (Wildman–Crippen LogP) is 5.47. The number of benzene rings is 3. The first-order valence-electron chi connectivity index (χ1n) is 9.02. The van der Waals surface area contributed by atoms with Crippen molar-refractivity contribution in [2.75, 3.05) is 0 Å². The minimum absolute atomic E-state index is 0.0600. The fourth-order valence-corrected chi connectivity index (χ4v) is 4.08. The molecule has 5 rings (SSSR count). The summed E-state index contributed by atoms with van der Waals surface area (Å²) in [5.74, 6) is -0.240. The standard InChI is InChI=1S/C24H16O4/c1-12-6-5-8-15-14(12)10-11-17-20(15)22(27)21(26)19-13(2)23(28-24(17)19)16-7-3-4-9-18(16)25/h3-11,25H,1-2H3. The molecular weight excluding hydrogens is 352 g/mol. The number of aromatic hydroxyl groups is 1. The van der Waals surface area contributed by atoms with Gasteiger partial charge >= 0.3 is 0 Å². The molecule has 1 aliphatic carbocycles. The summed E-state index contributed by atoms with van der Waals surface area (Å²) >= 11 is 0. The fourth-order valence-electron chi connectivity index (χ4n) is 4.08. The molecule has 0 unspecified atom stereocenters. The van der Waals surface area contributed by atoms with Crippen LogP contribution in [0.25, 0.3) is 33.4 Å². The Bertz CT molecular complexity index is 1320. The minimum Gasteiger partial charge on any atom is -0.507 e. The highest BCUT2D eigenvalue weighted by atomic mass is 16.3. The largest absolute Gasteiger partial charge is 0.507 e. The van der Waals surface area contributed by atoms with Gasteiger partial charge in [0.15, 0.2) is 0 Å². The molecule has 0 radical (unpaired) electrons. The van der Waals surface area contributed by atoms with Gasteiger partial charge in [-0.3, -0.25) is 9.59 Å². The average Bonchev–Trinajstić information content (AvgIpc) is 3.03. The smallest absolute Gasteiger partial charge is 0.237 e. The number of carbonyl (C=O) groups is 2. The number of Topliss-reactive ketones (excluding diaryl/α,β-unsaturated/α-hetero) is 2. The van der Waals surface area contributed by atoms with Crippen LogP contribution in [0, 0.1) is 13.8 Å². The molecule has 0 aliphatic heterocycles. The number of carbonyl (C=O) groups excluding carboxylic acids is 2. The van der Waals surface area contributed by atoms with E-state index in [9.17, 15) is 14.7 Å². The lowest BCUT2D eigenvalue weighted by molar-refractivity contribution is 0.0815. The summed E-state index contributed by atoms with van der Waals surface area (Å²) < 4.78 is 6.10. The molecular formula is C24H16O4. The number of phenols is 1. The Morgan fingerprint density at radius 1 is 0.714 bits per heavy atom. The average molecular weight is 368 g/mol. The van der Waals surface area contributed by atoms with Crippen molar-refractivity contribution < 1.29 is 19.1 Å². The van der Waals surface area contributed by atoms with Crippen LogP contribution in [0.15, 0.2) is 59.0 Å². The predicted molar refractivity (Wildman–Crippen MR) is 107 cm³/mol. The van der Waals surface area contributed by atoms with E-state index in [1.807, 2.05) is 37.3 Å². The van der Waals surface area contributed by atoms with Crippen LogP contribution in [0.1, 0.15) is 31.8 Å². The van der Waals surface area contributed by atoms with E-state index in [1.54, 1.807) is 31.2 Å². The van der Waals surface area contributed by atoms with Gasteiger partial charge in [0.2, 0.25) is 11.6 Å². The molecule has 1 heterocycles. The van der Waals surface area contributed by atoms with Gasteiger partial charge in [0.25, 0.3) is 0 Å². The highest BCUT2D eigenvalue weighted by Crippen LogP contribution is 2.45. The maximum absolute atomic E-state index is 13.0. The third-order valence-electron chi connectivity index (χ3n) is 5.48. The first-order chi connectivity index (χ1) is 13.5. The molecule has 1 N–H and O–H groups in total. The van der Waals surface area contributed by atoms with E-state index in [4.69, 9.17) is 4.42 Å². The first-order valence-corrected chi connectivity index (χ1v) is 9.02. The van der Waals surface area contributed by atoms with Crippen molar-refractivity contribution in [3.8, 4) is 28.4 Å². The Balaban J connectivity index is 1.87. The number of aryl methyl sites for hydroxylation is 1. The van der Waals surface area contributed by atoms with E-state index in [-0.39, 0.29) is 11.3 Å². The molecule has 28 heavy (non-hydrogen) atoms. The topological polar surface area (TPSA) is 67.5 Å². The lowest BCUT2D eigenvalue weighted by atomic mass is 9.83. The molecule has 0 fully saturated rings. The van der Waals surface area contributed by atoms with E-state index in [0.29, 0.717) is 33.8 Å². The molecule has 136 valence electrons. The maximum atomic E-state index is 13.0. The lowest BCUT2D eigenvalue weighted by Crippen LogP contribution is -2.21. The molecule has 1 aromatic heterocycles. The zero-order chi connectivity index (χ0) is 19.6. The number of furan rings is 1. The van der Waals surface area contributed by atoms with Gasteiger partial charge in [0, 0.05) is 16.7 Å². The van der Waals surface area contributed by atoms with E-state index in [1.165, 1.54) is 0 Å². The van der Waals surface area contributed by atoms with Crippen molar-refractivity contribution in [2.24, 2.45) is 0 Å². The molecule has 0 saturated carbocycles. The number of hydrogen-bond donors (Lipinski definition) is 1. The Labute approximate surface area is 161 Å². The van der Waals surface area contributed by atoms with Crippen LogP contribution in [0.2, 0.25) is 0 Å². The number of phenolic OH excluding ortho intramolecular Hbond substituents is 1. The molecule has 0 bridgehead atoms. The van der Waals surface area contributed by atoms with Crippen molar-refractivity contribution in [3.63, 3.8) is 0 Å². The summed E-state index contributed by atoms with van der Waals surface area (Å²) in [6, 6.07) is 16.3. The van der Waals surface area contributed by atoms with Crippen LogP contribution in [0.4, 0.5) is 0 Å². The molecule has 4 aromatic rings. The van der Waals surface area contributed by atoms with Gasteiger partial charge in [-0.1, -0.05) is 36.4 Å². The molecule has 4 nitrogen and oxygen atoms in total. The highest BCUT2D eigenvalue weighted by molar-refractivity contribution is 6.54. The third-order valence-corrected chi connectivity index (χ3v) is 5.48. The zero-order valence-corrected chi connectivity index (χ0v) is 15.4. The summed E-state index contributed by atoms with van der Waals surface area (Å²) in [7, 11) is 0. The summed E-state index contributed by atoms with van der Waals surface area (Å²) in [6.45, 7) is 3.72. The van der Waals surface area contributed by atoms with Gasteiger partial charge < -0.3 is 9.52 Å². The van der Waals surface area contributed by atoms with Gasteiger partial charge in [-0.25, -0.2) is 0 Å². The molecule has 0 atom stereocenters. The normalized spacial score (nSPS) is 12.9. The molecule has 1 aliphatic rings. The van der Waals surface area contributed by atoms with Crippen molar-refractivity contribution in [1.82, 2.24) is 0 Å². The number of ketones is 2. The molecule has 0 spiro atoms. The summed E-state index contributed by atoms with van der Waals surface area (Å²) in [5.41, 5.74) is 3.37. The molecule has 0 amide bonds. The number of hydrogen-bond acceptors (Lipinski definition) is 4. The van der Waals surface area contributed by atoms with Crippen LogP contribution < -0.4 is 0 Å². The van der Waals surface area contributed by atoms with Gasteiger partial charge in [0.1, 0.15) is 17.3 Å². The van der Waals surface area contributed by atoms with E-state index >= 15 is 0 Å². The monoisotopic (exact) mass is 368 g/mol. The summed E-state index contributed by atoms with van der Waals surface area (Å²) in [6.07, 6.45) is 0. The first kappa shape index (κ1) is 16.5. The van der Waals surface area contributed by atoms with Crippen molar-refractivity contribution in [2.45, 2.75) is 13.8 Å². The van der Waals surface area contributed by atoms with Gasteiger partial charge in [-0.05, 0) is 48.4 Å². The zero-order valence-electron chi connectivity index (χ0n) is 15.4. The van der Waals surface area contributed by atoms with Crippen molar-refractivity contribution in [1.29, 1.82) is 0 Å². The quantitative estimate of drug-likeness (QED) is 0.453. The minimum atomic E-state index is -0.570. The van der Waals surface area contributed by atoms with Crippen LogP contribution in [-0.2, 0) is 0 Å².